The standard InChI is InChI=1S/C16H18BrNO2/c1-11-4-6-13(8-15(11)17)18-10-12-5-7-14(19-2)9-16(12)20-3/h4-9,18H,10H2,1-3H3. The van der Waals surface area contributed by atoms with Gasteiger partial charge in [-0.1, -0.05) is 22.0 Å². The molecule has 2 aromatic carbocycles. The van der Waals surface area contributed by atoms with E-state index in [1.54, 1.807) is 14.2 Å². The topological polar surface area (TPSA) is 30.5 Å². The van der Waals surface area contributed by atoms with Gasteiger partial charge in [0.15, 0.2) is 0 Å². The molecule has 106 valence electrons. The van der Waals surface area contributed by atoms with Gasteiger partial charge in [0.1, 0.15) is 11.5 Å². The third-order valence-corrected chi connectivity index (χ3v) is 4.00. The predicted molar refractivity (Wildman–Crippen MR) is 85.8 cm³/mol. The van der Waals surface area contributed by atoms with Crippen LogP contribution in [0.5, 0.6) is 11.5 Å². The maximum absolute atomic E-state index is 5.39. The molecular weight excluding hydrogens is 318 g/mol. The first-order valence-electron chi connectivity index (χ1n) is 6.35. The van der Waals surface area contributed by atoms with E-state index in [0.717, 1.165) is 27.2 Å². The molecule has 2 rings (SSSR count). The van der Waals surface area contributed by atoms with Gasteiger partial charge in [0.25, 0.3) is 0 Å². The van der Waals surface area contributed by atoms with E-state index in [1.165, 1.54) is 5.56 Å². The average molecular weight is 336 g/mol. The van der Waals surface area contributed by atoms with E-state index in [4.69, 9.17) is 9.47 Å². The van der Waals surface area contributed by atoms with Crippen molar-refractivity contribution in [3.8, 4) is 11.5 Å². The molecule has 0 aromatic heterocycles. The van der Waals surface area contributed by atoms with Crippen molar-refractivity contribution in [2.75, 3.05) is 19.5 Å². The highest BCUT2D eigenvalue weighted by atomic mass is 79.9. The molecule has 0 amide bonds. The van der Waals surface area contributed by atoms with Crippen LogP contribution in [0.1, 0.15) is 11.1 Å². The summed E-state index contributed by atoms with van der Waals surface area (Å²) in [5.74, 6) is 1.62. The van der Waals surface area contributed by atoms with Gasteiger partial charge in [-0.25, -0.2) is 0 Å². The van der Waals surface area contributed by atoms with Crippen molar-refractivity contribution in [2.45, 2.75) is 13.5 Å². The number of halogens is 1. The van der Waals surface area contributed by atoms with Crippen LogP contribution < -0.4 is 14.8 Å². The van der Waals surface area contributed by atoms with Crippen LogP contribution >= 0.6 is 15.9 Å². The summed E-state index contributed by atoms with van der Waals surface area (Å²) in [6.45, 7) is 2.77. The second-order valence-electron chi connectivity index (χ2n) is 4.50. The molecule has 0 spiro atoms. The van der Waals surface area contributed by atoms with E-state index in [9.17, 15) is 0 Å². The maximum atomic E-state index is 5.39. The van der Waals surface area contributed by atoms with Gasteiger partial charge in [-0.3, -0.25) is 0 Å². The minimum atomic E-state index is 0.697. The molecular formula is C16H18BrNO2. The normalized spacial score (nSPS) is 10.2. The Morgan fingerprint density at radius 2 is 1.85 bits per heavy atom. The smallest absolute Gasteiger partial charge is 0.127 e. The van der Waals surface area contributed by atoms with Crippen LogP contribution in [0.3, 0.4) is 0 Å². The van der Waals surface area contributed by atoms with Crippen molar-refractivity contribution in [1.82, 2.24) is 0 Å². The van der Waals surface area contributed by atoms with Gasteiger partial charge in [0, 0.05) is 28.3 Å². The number of rotatable bonds is 5. The lowest BCUT2D eigenvalue weighted by Crippen LogP contribution is -2.02. The first-order chi connectivity index (χ1) is 9.63. The molecule has 0 fully saturated rings. The van der Waals surface area contributed by atoms with Crippen LogP contribution in [-0.2, 0) is 6.54 Å². The summed E-state index contributed by atoms with van der Waals surface area (Å²) in [6.07, 6.45) is 0. The fraction of sp³-hybridized carbons (Fsp3) is 0.250. The summed E-state index contributed by atoms with van der Waals surface area (Å²) in [5.41, 5.74) is 3.38. The molecule has 0 bridgehead atoms. The molecule has 1 N–H and O–H groups in total. The van der Waals surface area contributed by atoms with Crippen LogP contribution in [0.4, 0.5) is 5.69 Å². The predicted octanol–water partition coefficient (Wildman–Crippen LogP) is 4.39. The number of nitrogens with one attached hydrogen (secondary N) is 1. The minimum absolute atomic E-state index is 0.697. The van der Waals surface area contributed by atoms with Crippen LogP contribution in [0, 0.1) is 6.92 Å². The van der Waals surface area contributed by atoms with E-state index in [1.807, 2.05) is 18.2 Å². The number of hydrogen-bond donors (Lipinski definition) is 1. The summed E-state index contributed by atoms with van der Waals surface area (Å²) in [4.78, 5) is 0. The summed E-state index contributed by atoms with van der Waals surface area (Å²) in [5, 5.41) is 3.39. The second kappa shape index (κ2) is 6.66. The molecule has 0 unspecified atom stereocenters. The Bertz CT molecular complexity index is 599. The van der Waals surface area contributed by atoms with Crippen molar-refractivity contribution in [2.24, 2.45) is 0 Å². The molecule has 0 atom stereocenters. The van der Waals surface area contributed by atoms with E-state index in [-0.39, 0.29) is 0 Å². The largest absolute Gasteiger partial charge is 0.497 e. The molecule has 0 heterocycles. The van der Waals surface area contributed by atoms with Gasteiger partial charge >= 0.3 is 0 Å². The number of methoxy groups -OCH3 is 2. The molecule has 20 heavy (non-hydrogen) atoms. The van der Waals surface area contributed by atoms with Crippen LogP contribution in [-0.4, -0.2) is 14.2 Å². The van der Waals surface area contributed by atoms with E-state index >= 15 is 0 Å². The zero-order valence-corrected chi connectivity index (χ0v) is 13.5. The number of ether oxygens (including phenoxy) is 2. The molecule has 0 aliphatic carbocycles. The quantitative estimate of drug-likeness (QED) is 0.879. The molecule has 4 heteroatoms. The van der Waals surface area contributed by atoms with E-state index in [0.29, 0.717) is 6.54 Å². The van der Waals surface area contributed by atoms with Crippen LogP contribution in [0.15, 0.2) is 40.9 Å². The number of anilines is 1. The highest BCUT2D eigenvalue weighted by Crippen LogP contribution is 2.26. The third kappa shape index (κ3) is 3.45. The highest BCUT2D eigenvalue weighted by Gasteiger charge is 2.05. The molecule has 2 aromatic rings. The fourth-order valence-corrected chi connectivity index (χ4v) is 2.28. The van der Waals surface area contributed by atoms with Crippen molar-refractivity contribution in [3.63, 3.8) is 0 Å². The Morgan fingerprint density at radius 3 is 2.50 bits per heavy atom. The molecule has 0 saturated carbocycles. The Hall–Kier alpha value is -1.68. The third-order valence-electron chi connectivity index (χ3n) is 3.15. The monoisotopic (exact) mass is 335 g/mol. The Balaban J connectivity index is 2.12. The van der Waals surface area contributed by atoms with Crippen molar-refractivity contribution in [1.29, 1.82) is 0 Å². The molecule has 0 radical (unpaired) electrons. The first-order valence-corrected chi connectivity index (χ1v) is 7.14. The zero-order valence-electron chi connectivity index (χ0n) is 11.9. The SMILES string of the molecule is COc1ccc(CNc2ccc(C)c(Br)c2)c(OC)c1. The number of hydrogen-bond acceptors (Lipinski definition) is 3. The van der Waals surface area contributed by atoms with Crippen molar-refractivity contribution in [3.05, 3.63) is 52.0 Å². The lowest BCUT2D eigenvalue weighted by molar-refractivity contribution is 0.391. The van der Waals surface area contributed by atoms with Gasteiger partial charge in [-0.05, 0) is 36.8 Å². The summed E-state index contributed by atoms with van der Waals surface area (Å²) >= 11 is 3.54. The summed E-state index contributed by atoms with van der Waals surface area (Å²) in [7, 11) is 3.32. The van der Waals surface area contributed by atoms with Gasteiger partial charge in [0.2, 0.25) is 0 Å². The Morgan fingerprint density at radius 1 is 1.05 bits per heavy atom. The van der Waals surface area contributed by atoms with Gasteiger partial charge in [-0.2, -0.15) is 0 Å². The van der Waals surface area contributed by atoms with Crippen molar-refractivity contribution < 1.29 is 9.47 Å². The maximum Gasteiger partial charge on any atom is 0.127 e. The van der Waals surface area contributed by atoms with Gasteiger partial charge in [-0.15, -0.1) is 0 Å². The molecule has 3 nitrogen and oxygen atoms in total. The summed E-state index contributed by atoms with van der Waals surface area (Å²) < 4.78 is 11.7. The lowest BCUT2D eigenvalue weighted by atomic mass is 10.1. The molecule has 0 aliphatic heterocycles. The van der Waals surface area contributed by atoms with Crippen molar-refractivity contribution >= 4 is 21.6 Å². The van der Waals surface area contributed by atoms with Gasteiger partial charge in [0.05, 0.1) is 14.2 Å². The molecule has 0 saturated heterocycles. The zero-order chi connectivity index (χ0) is 14.5. The van der Waals surface area contributed by atoms with Crippen LogP contribution in [0.2, 0.25) is 0 Å². The Kier molecular flexibility index (Phi) is 4.90. The number of benzene rings is 2. The Labute approximate surface area is 128 Å². The van der Waals surface area contributed by atoms with Gasteiger partial charge < -0.3 is 14.8 Å². The van der Waals surface area contributed by atoms with E-state index < -0.39 is 0 Å². The fourth-order valence-electron chi connectivity index (χ4n) is 1.90. The van der Waals surface area contributed by atoms with Crippen LogP contribution in [0.25, 0.3) is 0 Å². The first kappa shape index (κ1) is 14.7. The lowest BCUT2D eigenvalue weighted by Gasteiger charge is -2.12. The number of aryl methyl sites for hydroxylation is 1. The van der Waals surface area contributed by atoms with E-state index in [2.05, 4.69) is 46.4 Å². The second-order valence-corrected chi connectivity index (χ2v) is 5.35. The highest BCUT2D eigenvalue weighted by molar-refractivity contribution is 9.10. The average Bonchev–Trinajstić information content (AvgIpc) is 2.48. The minimum Gasteiger partial charge on any atom is -0.497 e. The molecule has 0 aliphatic rings. The summed E-state index contributed by atoms with van der Waals surface area (Å²) in [6, 6.07) is 12.1.